The standard InChI is InChI=1S/C22H26N2O2.ClH/c1-3-17-4-10-20(11-5-17)21-15-23-12-13-24(21)22(26)14-18-6-8-19(9-7-18)16(2)25;/h4-11,21,23H,3,12-15H2,1-2H3;1H. The van der Waals surface area contributed by atoms with Crippen LogP contribution in [0.25, 0.3) is 0 Å². The average Bonchev–Trinajstić information content (AvgIpc) is 2.68. The lowest BCUT2D eigenvalue weighted by molar-refractivity contribution is -0.133. The van der Waals surface area contributed by atoms with Crippen molar-refractivity contribution >= 4 is 24.1 Å². The number of aryl methyl sites for hydroxylation is 1. The Hall–Kier alpha value is -2.17. The molecule has 4 nitrogen and oxygen atoms in total. The normalized spacial score (nSPS) is 16.5. The van der Waals surface area contributed by atoms with Crippen molar-refractivity contribution in [1.82, 2.24) is 10.2 Å². The van der Waals surface area contributed by atoms with Crippen molar-refractivity contribution in [2.45, 2.75) is 32.7 Å². The van der Waals surface area contributed by atoms with E-state index in [1.165, 1.54) is 11.1 Å². The van der Waals surface area contributed by atoms with Crippen LogP contribution < -0.4 is 5.32 Å². The van der Waals surface area contributed by atoms with Crippen LogP contribution in [0.3, 0.4) is 0 Å². The van der Waals surface area contributed by atoms with Crippen LogP contribution in [0.2, 0.25) is 0 Å². The van der Waals surface area contributed by atoms with Crippen molar-refractivity contribution < 1.29 is 9.59 Å². The molecule has 3 rings (SSSR count). The highest BCUT2D eigenvalue weighted by atomic mass is 35.5. The second-order valence-corrected chi connectivity index (χ2v) is 6.83. The Morgan fingerprint density at radius 3 is 2.26 bits per heavy atom. The molecule has 5 heteroatoms. The average molecular weight is 387 g/mol. The third-order valence-corrected chi connectivity index (χ3v) is 5.05. The van der Waals surface area contributed by atoms with Gasteiger partial charge in [-0.1, -0.05) is 55.5 Å². The molecule has 1 unspecified atom stereocenters. The number of carbonyl (C=O) groups excluding carboxylic acids is 2. The van der Waals surface area contributed by atoms with Crippen LogP contribution >= 0.6 is 12.4 Å². The van der Waals surface area contributed by atoms with E-state index >= 15 is 0 Å². The SMILES string of the molecule is CCc1ccc(C2CNCCN2C(=O)Cc2ccc(C(C)=O)cc2)cc1.Cl. The topological polar surface area (TPSA) is 49.4 Å². The summed E-state index contributed by atoms with van der Waals surface area (Å²) in [7, 11) is 0. The molecule has 0 aliphatic carbocycles. The fourth-order valence-electron chi connectivity index (χ4n) is 3.41. The smallest absolute Gasteiger partial charge is 0.227 e. The van der Waals surface area contributed by atoms with Crippen LogP contribution in [0.4, 0.5) is 0 Å². The maximum absolute atomic E-state index is 12.9. The first kappa shape index (κ1) is 21.1. The Kier molecular flexibility index (Phi) is 7.57. The van der Waals surface area contributed by atoms with Crippen molar-refractivity contribution in [3.63, 3.8) is 0 Å². The molecule has 2 aromatic rings. The molecule has 1 saturated heterocycles. The molecular weight excluding hydrogens is 360 g/mol. The summed E-state index contributed by atoms with van der Waals surface area (Å²) in [6, 6.07) is 16.0. The Morgan fingerprint density at radius 1 is 1.04 bits per heavy atom. The molecule has 1 aliphatic heterocycles. The van der Waals surface area contributed by atoms with E-state index in [9.17, 15) is 9.59 Å². The molecule has 0 bridgehead atoms. The molecule has 1 amide bonds. The van der Waals surface area contributed by atoms with Gasteiger partial charge in [-0.15, -0.1) is 12.4 Å². The zero-order chi connectivity index (χ0) is 18.5. The Morgan fingerprint density at radius 2 is 1.67 bits per heavy atom. The monoisotopic (exact) mass is 386 g/mol. The van der Waals surface area contributed by atoms with Crippen LogP contribution in [0.1, 0.15) is 46.9 Å². The molecular formula is C22H27ClN2O2. The summed E-state index contributed by atoms with van der Waals surface area (Å²) in [6.07, 6.45) is 1.38. The fraction of sp³-hybridized carbons (Fsp3) is 0.364. The molecule has 1 heterocycles. The summed E-state index contributed by atoms with van der Waals surface area (Å²) in [5.41, 5.74) is 4.10. The molecule has 27 heavy (non-hydrogen) atoms. The summed E-state index contributed by atoms with van der Waals surface area (Å²) >= 11 is 0. The number of nitrogens with zero attached hydrogens (tertiary/aromatic N) is 1. The van der Waals surface area contributed by atoms with Crippen molar-refractivity contribution in [2.75, 3.05) is 19.6 Å². The Bertz CT molecular complexity index is 772. The van der Waals surface area contributed by atoms with Crippen LogP contribution in [-0.2, 0) is 17.6 Å². The second kappa shape index (κ2) is 9.67. The molecule has 0 aromatic heterocycles. The maximum atomic E-state index is 12.9. The lowest BCUT2D eigenvalue weighted by Gasteiger charge is -2.36. The number of nitrogens with one attached hydrogen (secondary N) is 1. The van der Waals surface area contributed by atoms with Gasteiger partial charge in [-0.25, -0.2) is 0 Å². The lowest BCUT2D eigenvalue weighted by atomic mass is 9.99. The maximum Gasteiger partial charge on any atom is 0.227 e. The number of hydrogen-bond acceptors (Lipinski definition) is 3. The summed E-state index contributed by atoms with van der Waals surface area (Å²) in [6.45, 7) is 6.00. The van der Waals surface area contributed by atoms with Gasteiger partial charge in [-0.2, -0.15) is 0 Å². The van der Waals surface area contributed by atoms with E-state index < -0.39 is 0 Å². The number of carbonyl (C=O) groups is 2. The van der Waals surface area contributed by atoms with Gasteiger partial charge >= 0.3 is 0 Å². The third kappa shape index (κ3) is 5.18. The van der Waals surface area contributed by atoms with Gasteiger partial charge in [0.2, 0.25) is 5.91 Å². The minimum absolute atomic E-state index is 0. The minimum atomic E-state index is 0. The van der Waals surface area contributed by atoms with E-state index in [0.717, 1.165) is 25.1 Å². The molecule has 1 N–H and O–H groups in total. The highest BCUT2D eigenvalue weighted by Crippen LogP contribution is 2.24. The third-order valence-electron chi connectivity index (χ3n) is 5.05. The van der Waals surface area contributed by atoms with Gasteiger partial charge in [-0.05, 0) is 30.0 Å². The predicted octanol–water partition coefficient (Wildman–Crippen LogP) is 3.59. The van der Waals surface area contributed by atoms with Gasteiger partial charge < -0.3 is 10.2 Å². The first-order chi connectivity index (χ1) is 12.6. The minimum Gasteiger partial charge on any atom is -0.333 e. The van der Waals surface area contributed by atoms with Crippen molar-refractivity contribution in [3.8, 4) is 0 Å². The molecule has 1 aliphatic rings. The molecule has 0 saturated carbocycles. The van der Waals surface area contributed by atoms with E-state index in [-0.39, 0.29) is 30.1 Å². The quantitative estimate of drug-likeness (QED) is 0.799. The van der Waals surface area contributed by atoms with E-state index in [1.54, 1.807) is 19.1 Å². The molecule has 2 aromatic carbocycles. The summed E-state index contributed by atoms with van der Waals surface area (Å²) in [5.74, 6) is 0.173. The van der Waals surface area contributed by atoms with Crippen LogP contribution in [-0.4, -0.2) is 36.2 Å². The summed E-state index contributed by atoms with van der Waals surface area (Å²) < 4.78 is 0. The molecule has 1 fully saturated rings. The second-order valence-electron chi connectivity index (χ2n) is 6.83. The van der Waals surface area contributed by atoms with Crippen molar-refractivity contribution in [2.24, 2.45) is 0 Å². The number of piperazine rings is 1. The largest absolute Gasteiger partial charge is 0.333 e. The number of benzene rings is 2. The van der Waals surface area contributed by atoms with E-state index in [0.29, 0.717) is 18.5 Å². The fourth-order valence-corrected chi connectivity index (χ4v) is 3.41. The molecule has 0 radical (unpaired) electrons. The lowest BCUT2D eigenvalue weighted by Crippen LogP contribution is -2.49. The Balaban J connectivity index is 0.00000261. The van der Waals surface area contributed by atoms with Gasteiger partial charge in [0.1, 0.15) is 0 Å². The van der Waals surface area contributed by atoms with E-state index in [1.807, 2.05) is 17.0 Å². The number of halogens is 1. The van der Waals surface area contributed by atoms with E-state index in [4.69, 9.17) is 0 Å². The van der Waals surface area contributed by atoms with E-state index in [2.05, 4.69) is 36.5 Å². The predicted molar refractivity (Wildman–Crippen MR) is 111 cm³/mol. The Labute approximate surface area is 167 Å². The first-order valence-electron chi connectivity index (χ1n) is 9.27. The molecule has 0 spiro atoms. The number of hydrogen-bond donors (Lipinski definition) is 1. The number of rotatable bonds is 5. The van der Waals surface area contributed by atoms with Gasteiger partial charge in [-0.3, -0.25) is 9.59 Å². The van der Waals surface area contributed by atoms with Gasteiger partial charge in [0.15, 0.2) is 5.78 Å². The van der Waals surface area contributed by atoms with Crippen LogP contribution in [0.5, 0.6) is 0 Å². The van der Waals surface area contributed by atoms with Gasteiger partial charge in [0.25, 0.3) is 0 Å². The highest BCUT2D eigenvalue weighted by molar-refractivity contribution is 5.94. The van der Waals surface area contributed by atoms with Gasteiger partial charge in [0.05, 0.1) is 12.5 Å². The first-order valence-corrected chi connectivity index (χ1v) is 9.27. The zero-order valence-corrected chi connectivity index (χ0v) is 16.7. The summed E-state index contributed by atoms with van der Waals surface area (Å²) in [4.78, 5) is 26.3. The summed E-state index contributed by atoms with van der Waals surface area (Å²) in [5, 5.41) is 3.40. The van der Waals surface area contributed by atoms with Crippen LogP contribution in [0.15, 0.2) is 48.5 Å². The number of Topliss-reactive ketones (excluding diaryl/α,β-unsaturated/α-hetero) is 1. The number of ketones is 1. The van der Waals surface area contributed by atoms with Crippen LogP contribution in [0, 0.1) is 0 Å². The molecule has 1 atom stereocenters. The van der Waals surface area contributed by atoms with Crippen molar-refractivity contribution in [1.29, 1.82) is 0 Å². The number of amides is 1. The molecule has 144 valence electrons. The highest BCUT2D eigenvalue weighted by Gasteiger charge is 2.27. The van der Waals surface area contributed by atoms with Gasteiger partial charge in [0, 0.05) is 25.2 Å². The van der Waals surface area contributed by atoms with Crippen molar-refractivity contribution in [3.05, 3.63) is 70.8 Å². The zero-order valence-electron chi connectivity index (χ0n) is 15.9.